The van der Waals surface area contributed by atoms with Crippen molar-refractivity contribution in [3.05, 3.63) is 29.8 Å². The molecule has 0 heterocycles. The van der Waals surface area contributed by atoms with Crippen molar-refractivity contribution >= 4 is 23.5 Å². The van der Waals surface area contributed by atoms with Crippen LogP contribution in [-0.2, 0) is 25.5 Å². The summed E-state index contributed by atoms with van der Waals surface area (Å²) in [6, 6.07) is 6.71. The SMILES string of the molecule is CC[C@@](C)(CO)NC(=O)C(=O)Nc1ccccc1CC(=O)OC(C)(C)C. The standard InChI is InChI=1S/C19H28N2O5/c1-6-19(5,12-22)21-17(25)16(24)20-14-10-8-7-9-13(14)11-15(23)26-18(2,3)4/h7-10,22H,6,11-12H2,1-5H3,(H,20,24)(H,21,25)/t19-/m0/s1. The number of anilines is 1. The lowest BCUT2D eigenvalue weighted by atomic mass is 10.0. The zero-order chi connectivity index (χ0) is 20.0. The molecule has 1 aromatic carbocycles. The van der Waals surface area contributed by atoms with Gasteiger partial charge in [-0.05, 0) is 45.7 Å². The fourth-order valence-electron chi connectivity index (χ4n) is 2.08. The molecule has 0 fully saturated rings. The van der Waals surface area contributed by atoms with E-state index in [1.54, 1.807) is 58.9 Å². The first-order valence-electron chi connectivity index (χ1n) is 8.54. The van der Waals surface area contributed by atoms with Crippen LogP contribution in [0.5, 0.6) is 0 Å². The van der Waals surface area contributed by atoms with Crippen LogP contribution in [0.25, 0.3) is 0 Å². The maximum Gasteiger partial charge on any atom is 0.313 e. The van der Waals surface area contributed by atoms with Crippen LogP contribution in [0.2, 0.25) is 0 Å². The van der Waals surface area contributed by atoms with Crippen LogP contribution >= 0.6 is 0 Å². The molecule has 1 aromatic rings. The first kappa shape index (κ1) is 21.6. The number of hydrogen-bond acceptors (Lipinski definition) is 5. The van der Waals surface area contributed by atoms with Gasteiger partial charge in [0.25, 0.3) is 0 Å². The molecule has 1 atom stereocenters. The van der Waals surface area contributed by atoms with Crippen molar-refractivity contribution in [1.29, 1.82) is 0 Å². The van der Waals surface area contributed by atoms with E-state index in [1.807, 2.05) is 0 Å². The van der Waals surface area contributed by atoms with Crippen LogP contribution in [0.3, 0.4) is 0 Å². The largest absolute Gasteiger partial charge is 0.460 e. The van der Waals surface area contributed by atoms with Gasteiger partial charge in [-0.3, -0.25) is 14.4 Å². The lowest BCUT2D eigenvalue weighted by molar-refractivity contribution is -0.153. The lowest BCUT2D eigenvalue weighted by Crippen LogP contribution is -2.51. The van der Waals surface area contributed by atoms with Crippen molar-refractivity contribution in [3.63, 3.8) is 0 Å². The van der Waals surface area contributed by atoms with Crippen LogP contribution < -0.4 is 10.6 Å². The summed E-state index contributed by atoms with van der Waals surface area (Å²) >= 11 is 0. The average Bonchev–Trinajstić information content (AvgIpc) is 2.54. The van der Waals surface area contributed by atoms with Crippen molar-refractivity contribution in [2.75, 3.05) is 11.9 Å². The van der Waals surface area contributed by atoms with Crippen LogP contribution in [0.1, 0.15) is 46.6 Å². The van der Waals surface area contributed by atoms with Crippen molar-refractivity contribution in [1.82, 2.24) is 5.32 Å². The fourth-order valence-corrected chi connectivity index (χ4v) is 2.08. The van der Waals surface area contributed by atoms with Crippen LogP contribution in [0.15, 0.2) is 24.3 Å². The lowest BCUT2D eigenvalue weighted by Gasteiger charge is -2.26. The summed E-state index contributed by atoms with van der Waals surface area (Å²) in [6.45, 7) is 8.48. The number of ether oxygens (including phenoxy) is 1. The molecule has 26 heavy (non-hydrogen) atoms. The summed E-state index contributed by atoms with van der Waals surface area (Å²) in [7, 11) is 0. The zero-order valence-corrected chi connectivity index (χ0v) is 16.0. The number of hydrogen-bond donors (Lipinski definition) is 3. The number of benzene rings is 1. The third-order valence-electron chi connectivity index (χ3n) is 3.77. The predicted octanol–water partition coefficient (Wildman–Crippen LogP) is 1.79. The molecule has 3 N–H and O–H groups in total. The first-order valence-corrected chi connectivity index (χ1v) is 8.54. The van der Waals surface area contributed by atoms with Gasteiger partial charge >= 0.3 is 17.8 Å². The van der Waals surface area contributed by atoms with Gasteiger partial charge in [-0.1, -0.05) is 25.1 Å². The Morgan fingerprint density at radius 3 is 2.23 bits per heavy atom. The molecule has 0 saturated heterocycles. The Kier molecular flexibility index (Phi) is 7.32. The van der Waals surface area contributed by atoms with E-state index in [2.05, 4.69) is 10.6 Å². The number of aliphatic hydroxyl groups is 1. The average molecular weight is 364 g/mol. The number of amides is 2. The summed E-state index contributed by atoms with van der Waals surface area (Å²) in [5, 5.41) is 14.4. The molecule has 0 aliphatic rings. The van der Waals surface area contributed by atoms with Crippen molar-refractivity contribution in [2.45, 2.75) is 58.6 Å². The van der Waals surface area contributed by atoms with E-state index < -0.39 is 28.9 Å². The van der Waals surface area contributed by atoms with Crippen LogP contribution in [0, 0.1) is 0 Å². The number of aliphatic hydroxyl groups excluding tert-OH is 1. The summed E-state index contributed by atoms with van der Waals surface area (Å²) in [4.78, 5) is 36.3. The van der Waals surface area contributed by atoms with E-state index >= 15 is 0 Å². The minimum absolute atomic E-state index is 0.0291. The molecule has 0 aromatic heterocycles. The number of esters is 1. The number of rotatable bonds is 6. The fraction of sp³-hybridized carbons (Fsp3) is 0.526. The van der Waals surface area contributed by atoms with E-state index in [4.69, 9.17) is 4.74 Å². The molecule has 7 nitrogen and oxygen atoms in total. The Balaban J connectivity index is 2.83. The molecule has 0 bridgehead atoms. The molecule has 2 amide bonds. The number of para-hydroxylation sites is 1. The molecular weight excluding hydrogens is 336 g/mol. The molecule has 0 saturated carbocycles. The van der Waals surface area contributed by atoms with Gasteiger partial charge in [-0.15, -0.1) is 0 Å². The third-order valence-corrected chi connectivity index (χ3v) is 3.77. The van der Waals surface area contributed by atoms with Gasteiger partial charge in [0.15, 0.2) is 0 Å². The second kappa shape index (κ2) is 8.80. The molecule has 1 rings (SSSR count). The maximum atomic E-state index is 12.2. The van der Waals surface area contributed by atoms with Gasteiger partial charge in [0.1, 0.15) is 5.60 Å². The molecule has 0 unspecified atom stereocenters. The predicted molar refractivity (Wildman–Crippen MR) is 98.5 cm³/mol. The highest BCUT2D eigenvalue weighted by atomic mass is 16.6. The van der Waals surface area contributed by atoms with Gasteiger partial charge < -0.3 is 20.5 Å². The highest BCUT2D eigenvalue weighted by Gasteiger charge is 2.27. The van der Waals surface area contributed by atoms with E-state index in [0.717, 1.165) is 0 Å². The number of nitrogens with one attached hydrogen (secondary N) is 2. The summed E-state index contributed by atoms with van der Waals surface area (Å²) in [5.74, 6) is -2.15. The first-order chi connectivity index (χ1) is 12.0. The molecule has 0 radical (unpaired) electrons. The second-order valence-corrected chi connectivity index (χ2v) is 7.40. The van der Waals surface area contributed by atoms with Gasteiger partial charge in [-0.25, -0.2) is 0 Å². The summed E-state index contributed by atoms with van der Waals surface area (Å²) in [6.07, 6.45) is 0.441. The Morgan fingerprint density at radius 1 is 1.08 bits per heavy atom. The van der Waals surface area contributed by atoms with Crippen LogP contribution in [-0.4, -0.2) is 40.6 Å². The minimum atomic E-state index is -0.871. The Morgan fingerprint density at radius 2 is 1.69 bits per heavy atom. The van der Waals surface area contributed by atoms with Gasteiger partial charge in [-0.2, -0.15) is 0 Å². The summed E-state index contributed by atoms with van der Waals surface area (Å²) in [5.41, 5.74) is -0.571. The van der Waals surface area contributed by atoms with E-state index in [1.165, 1.54) is 0 Å². The van der Waals surface area contributed by atoms with E-state index in [-0.39, 0.29) is 13.0 Å². The third kappa shape index (κ3) is 6.84. The van der Waals surface area contributed by atoms with E-state index in [0.29, 0.717) is 17.7 Å². The quantitative estimate of drug-likeness (QED) is 0.527. The monoisotopic (exact) mass is 364 g/mol. The maximum absolute atomic E-state index is 12.2. The summed E-state index contributed by atoms with van der Waals surface area (Å²) < 4.78 is 5.29. The molecule has 0 aliphatic carbocycles. The van der Waals surface area contributed by atoms with Crippen molar-refractivity contribution in [3.8, 4) is 0 Å². The molecule has 7 heteroatoms. The zero-order valence-electron chi connectivity index (χ0n) is 16.0. The topological polar surface area (TPSA) is 105 Å². The Hall–Kier alpha value is -2.41. The Labute approximate surface area is 154 Å². The molecular formula is C19H28N2O5. The second-order valence-electron chi connectivity index (χ2n) is 7.40. The molecule has 0 aliphatic heterocycles. The highest BCUT2D eigenvalue weighted by molar-refractivity contribution is 6.39. The van der Waals surface area contributed by atoms with Gasteiger partial charge in [0.05, 0.1) is 18.6 Å². The Bertz CT molecular complexity index is 660. The van der Waals surface area contributed by atoms with Crippen LogP contribution in [0.4, 0.5) is 5.69 Å². The normalized spacial score (nSPS) is 13.5. The molecule has 0 spiro atoms. The minimum Gasteiger partial charge on any atom is -0.460 e. The van der Waals surface area contributed by atoms with Crippen molar-refractivity contribution in [2.24, 2.45) is 0 Å². The van der Waals surface area contributed by atoms with Crippen molar-refractivity contribution < 1.29 is 24.2 Å². The number of carbonyl (C=O) groups excluding carboxylic acids is 3. The van der Waals surface area contributed by atoms with E-state index in [9.17, 15) is 19.5 Å². The molecule has 144 valence electrons. The highest BCUT2D eigenvalue weighted by Crippen LogP contribution is 2.18. The van der Waals surface area contributed by atoms with Gasteiger partial charge in [0.2, 0.25) is 0 Å². The number of carbonyl (C=O) groups is 3. The smallest absolute Gasteiger partial charge is 0.313 e. The van der Waals surface area contributed by atoms with Gasteiger partial charge in [0, 0.05) is 5.69 Å².